The van der Waals surface area contributed by atoms with Crippen molar-refractivity contribution in [3.05, 3.63) is 33.6 Å². The summed E-state index contributed by atoms with van der Waals surface area (Å²) in [6.07, 6.45) is 2.04. The molecule has 0 aromatic carbocycles. The number of esters is 1. The second-order valence-corrected chi connectivity index (χ2v) is 3.63. The van der Waals surface area contributed by atoms with Gasteiger partial charge in [0, 0.05) is 17.7 Å². The molecule has 0 aliphatic heterocycles. The van der Waals surface area contributed by atoms with Crippen molar-refractivity contribution in [3.8, 4) is 0 Å². The summed E-state index contributed by atoms with van der Waals surface area (Å²) in [5.41, 5.74) is 0.208. The Labute approximate surface area is 91.4 Å². The first-order chi connectivity index (χ1) is 7.63. The van der Waals surface area contributed by atoms with Crippen molar-refractivity contribution in [2.24, 2.45) is 0 Å². The Morgan fingerprint density at radius 1 is 1.56 bits per heavy atom. The zero-order chi connectivity index (χ0) is 11.7. The quantitative estimate of drug-likeness (QED) is 0.441. The molecule has 1 aromatic heterocycles. The van der Waals surface area contributed by atoms with Crippen LogP contribution < -0.4 is 0 Å². The molecule has 0 N–H and O–H groups in total. The standard InChI is InChI=1S/C10H10N2O4/c1-16-10(13)9-8(12(14)15)5-4-7(11-9)6-2-3-6/h4-6H,2-3H2,1H3. The van der Waals surface area contributed by atoms with Gasteiger partial charge in [-0.1, -0.05) is 0 Å². The molecule has 1 saturated carbocycles. The molecule has 1 aliphatic carbocycles. The van der Waals surface area contributed by atoms with E-state index in [4.69, 9.17) is 0 Å². The van der Waals surface area contributed by atoms with Gasteiger partial charge in [-0.3, -0.25) is 10.1 Å². The summed E-state index contributed by atoms with van der Waals surface area (Å²) >= 11 is 0. The Balaban J connectivity index is 2.45. The maximum atomic E-state index is 11.3. The molecule has 2 rings (SSSR count). The summed E-state index contributed by atoms with van der Waals surface area (Å²) in [4.78, 5) is 25.4. The lowest BCUT2D eigenvalue weighted by Crippen LogP contribution is -2.09. The van der Waals surface area contributed by atoms with Gasteiger partial charge in [-0.15, -0.1) is 0 Å². The molecule has 6 nitrogen and oxygen atoms in total. The van der Waals surface area contributed by atoms with Crippen molar-refractivity contribution in [2.75, 3.05) is 7.11 Å². The minimum absolute atomic E-state index is 0.211. The maximum Gasteiger partial charge on any atom is 0.363 e. The molecule has 84 valence electrons. The summed E-state index contributed by atoms with van der Waals surface area (Å²) < 4.78 is 4.48. The van der Waals surface area contributed by atoms with Crippen LogP contribution in [0.25, 0.3) is 0 Å². The van der Waals surface area contributed by atoms with E-state index in [0.29, 0.717) is 5.92 Å². The Kier molecular flexibility index (Phi) is 2.55. The van der Waals surface area contributed by atoms with Gasteiger partial charge in [0.1, 0.15) is 0 Å². The van der Waals surface area contributed by atoms with Crippen LogP contribution in [0.4, 0.5) is 5.69 Å². The molecule has 0 bridgehead atoms. The fourth-order valence-electron chi connectivity index (χ4n) is 1.47. The maximum absolute atomic E-state index is 11.3. The SMILES string of the molecule is COC(=O)c1nc(C2CC2)ccc1[N+](=O)[O-]. The molecule has 0 spiro atoms. The number of carbonyl (C=O) groups is 1. The van der Waals surface area contributed by atoms with E-state index in [1.54, 1.807) is 6.07 Å². The van der Waals surface area contributed by atoms with E-state index in [1.165, 1.54) is 13.2 Å². The van der Waals surface area contributed by atoms with Crippen LogP contribution in [0.1, 0.15) is 34.9 Å². The highest BCUT2D eigenvalue weighted by atomic mass is 16.6. The van der Waals surface area contributed by atoms with Gasteiger partial charge in [-0.25, -0.2) is 9.78 Å². The number of pyridine rings is 1. The van der Waals surface area contributed by atoms with Crippen LogP contribution in [0.15, 0.2) is 12.1 Å². The highest BCUT2D eigenvalue weighted by molar-refractivity contribution is 5.91. The molecule has 1 heterocycles. The largest absolute Gasteiger partial charge is 0.464 e. The van der Waals surface area contributed by atoms with Crippen molar-refractivity contribution >= 4 is 11.7 Å². The summed E-state index contributed by atoms with van der Waals surface area (Å²) in [6, 6.07) is 2.91. The lowest BCUT2D eigenvalue weighted by atomic mass is 10.2. The fourth-order valence-corrected chi connectivity index (χ4v) is 1.47. The molecule has 0 amide bonds. The van der Waals surface area contributed by atoms with E-state index in [9.17, 15) is 14.9 Å². The average molecular weight is 222 g/mol. The van der Waals surface area contributed by atoms with E-state index in [1.807, 2.05) is 0 Å². The van der Waals surface area contributed by atoms with Crippen molar-refractivity contribution < 1.29 is 14.5 Å². The number of aromatic nitrogens is 1. The Morgan fingerprint density at radius 2 is 2.25 bits per heavy atom. The molecule has 0 unspecified atom stereocenters. The second-order valence-electron chi connectivity index (χ2n) is 3.63. The number of hydrogen-bond donors (Lipinski definition) is 0. The normalized spacial score (nSPS) is 14.6. The fraction of sp³-hybridized carbons (Fsp3) is 0.400. The van der Waals surface area contributed by atoms with Gasteiger partial charge in [0.15, 0.2) is 0 Å². The van der Waals surface area contributed by atoms with Gasteiger partial charge in [0.05, 0.1) is 12.0 Å². The van der Waals surface area contributed by atoms with Crippen LogP contribution in [0.3, 0.4) is 0 Å². The molecule has 16 heavy (non-hydrogen) atoms. The average Bonchev–Trinajstić information content (AvgIpc) is 3.11. The van der Waals surface area contributed by atoms with Gasteiger partial charge >= 0.3 is 11.7 Å². The number of nitrogens with zero attached hydrogens (tertiary/aromatic N) is 2. The molecular weight excluding hydrogens is 212 g/mol. The highest BCUT2D eigenvalue weighted by Crippen LogP contribution is 2.39. The van der Waals surface area contributed by atoms with Gasteiger partial charge < -0.3 is 4.74 Å². The molecule has 1 fully saturated rings. The number of nitro groups is 1. The van der Waals surface area contributed by atoms with Crippen LogP contribution in [-0.2, 0) is 4.74 Å². The highest BCUT2D eigenvalue weighted by Gasteiger charge is 2.29. The van der Waals surface area contributed by atoms with Crippen LogP contribution in [-0.4, -0.2) is 23.0 Å². The molecule has 1 aliphatic rings. The first-order valence-electron chi connectivity index (χ1n) is 4.87. The molecule has 0 atom stereocenters. The number of methoxy groups -OCH3 is 1. The van der Waals surface area contributed by atoms with Crippen molar-refractivity contribution in [2.45, 2.75) is 18.8 Å². The number of ether oxygens (including phenoxy) is 1. The second kappa shape index (κ2) is 3.88. The van der Waals surface area contributed by atoms with E-state index >= 15 is 0 Å². The van der Waals surface area contributed by atoms with Crippen molar-refractivity contribution in [1.29, 1.82) is 0 Å². The predicted octanol–water partition coefficient (Wildman–Crippen LogP) is 1.65. The Morgan fingerprint density at radius 3 is 2.75 bits per heavy atom. The monoisotopic (exact) mass is 222 g/mol. The van der Waals surface area contributed by atoms with E-state index < -0.39 is 10.9 Å². The van der Waals surface area contributed by atoms with Crippen LogP contribution >= 0.6 is 0 Å². The van der Waals surface area contributed by atoms with Crippen LogP contribution in [0, 0.1) is 10.1 Å². The van der Waals surface area contributed by atoms with E-state index in [0.717, 1.165) is 18.5 Å². The third-order valence-electron chi connectivity index (χ3n) is 2.47. The Hall–Kier alpha value is -1.98. The zero-order valence-corrected chi connectivity index (χ0v) is 8.67. The van der Waals surface area contributed by atoms with E-state index in [-0.39, 0.29) is 11.4 Å². The van der Waals surface area contributed by atoms with Crippen LogP contribution in [0.5, 0.6) is 0 Å². The predicted molar refractivity (Wildman–Crippen MR) is 54.2 cm³/mol. The third-order valence-corrected chi connectivity index (χ3v) is 2.47. The number of hydrogen-bond acceptors (Lipinski definition) is 5. The molecule has 0 radical (unpaired) electrons. The minimum atomic E-state index is -0.769. The first kappa shape index (κ1) is 10.5. The Bertz CT molecular complexity index is 454. The smallest absolute Gasteiger partial charge is 0.363 e. The number of carbonyl (C=O) groups excluding carboxylic acids is 1. The summed E-state index contributed by atoms with van der Waals surface area (Å²) in [5, 5.41) is 10.7. The lowest BCUT2D eigenvalue weighted by molar-refractivity contribution is -0.385. The number of rotatable bonds is 3. The summed E-state index contributed by atoms with van der Waals surface area (Å²) in [5.74, 6) is -0.432. The molecule has 6 heteroatoms. The first-order valence-corrected chi connectivity index (χ1v) is 4.87. The van der Waals surface area contributed by atoms with Crippen molar-refractivity contribution in [3.63, 3.8) is 0 Å². The van der Waals surface area contributed by atoms with E-state index in [2.05, 4.69) is 9.72 Å². The topological polar surface area (TPSA) is 82.3 Å². The van der Waals surface area contributed by atoms with Gasteiger partial charge in [-0.05, 0) is 18.9 Å². The van der Waals surface area contributed by atoms with Gasteiger partial charge in [0.2, 0.25) is 5.69 Å². The summed E-state index contributed by atoms with van der Waals surface area (Å²) in [7, 11) is 1.18. The van der Waals surface area contributed by atoms with Gasteiger partial charge in [-0.2, -0.15) is 0 Å². The summed E-state index contributed by atoms with van der Waals surface area (Å²) in [6.45, 7) is 0. The molecule has 0 saturated heterocycles. The third kappa shape index (κ3) is 1.86. The molecule has 1 aromatic rings. The van der Waals surface area contributed by atoms with Crippen molar-refractivity contribution in [1.82, 2.24) is 4.98 Å². The minimum Gasteiger partial charge on any atom is -0.464 e. The van der Waals surface area contributed by atoms with Crippen LogP contribution in [0.2, 0.25) is 0 Å². The van der Waals surface area contributed by atoms with Gasteiger partial charge in [0.25, 0.3) is 0 Å². The zero-order valence-electron chi connectivity index (χ0n) is 8.67. The lowest BCUT2D eigenvalue weighted by Gasteiger charge is -2.02. The molecular formula is C10H10N2O4.